The Morgan fingerprint density at radius 1 is 1.11 bits per heavy atom. The maximum atomic E-state index is 6.18. The van der Waals surface area contributed by atoms with Crippen LogP contribution in [0.5, 0.6) is 5.75 Å². The van der Waals surface area contributed by atoms with Crippen molar-refractivity contribution in [3.8, 4) is 5.75 Å². The van der Waals surface area contributed by atoms with Crippen LogP contribution in [0, 0.1) is 13.8 Å². The number of methoxy groups -OCH3 is 1. The molecule has 3 heteroatoms. The van der Waals surface area contributed by atoms with Gasteiger partial charge in [-0.15, -0.1) is 0 Å². The molecule has 0 fully saturated rings. The second kappa shape index (κ2) is 5.98. The Morgan fingerprint density at radius 3 is 2.42 bits per heavy atom. The van der Waals surface area contributed by atoms with E-state index >= 15 is 0 Å². The fourth-order valence-corrected chi connectivity index (χ4v) is 3.19. The van der Waals surface area contributed by atoms with Crippen LogP contribution < -0.4 is 4.74 Å². The SMILES string of the molecule is COc1ccc(C(Br)c2ccc(C)cc2C)cc1Cl. The summed E-state index contributed by atoms with van der Waals surface area (Å²) >= 11 is 9.93. The van der Waals surface area contributed by atoms with Crippen molar-refractivity contribution in [2.24, 2.45) is 0 Å². The van der Waals surface area contributed by atoms with E-state index in [-0.39, 0.29) is 4.83 Å². The van der Waals surface area contributed by atoms with E-state index in [1.807, 2.05) is 18.2 Å². The van der Waals surface area contributed by atoms with E-state index in [0.29, 0.717) is 10.8 Å². The minimum absolute atomic E-state index is 0.136. The van der Waals surface area contributed by atoms with Gasteiger partial charge < -0.3 is 4.74 Å². The Kier molecular flexibility index (Phi) is 4.54. The van der Waals surface area contributed by atoms with Gasteiger partial charge in [0.1, 0.15) is 5.75 Å². The third-order valence-corrected chi connectivity index (χ3v) is 4.48. The fraction of sp³-hybridized carbons (Fsp3) is 0.250. The molecule has 0 saturated heterocycles. The van der Waals surface area contributed by atoms with Gasteiger partial charge in [-0.1, -0.05) is 57.4 Å². The molecule has 0 heterocycles. The lowest BCUT2D eigenvalue weighted by molar-refractivity contribution is 0.415. The van der Waals surface area contributed by atoms with Crippen LogP contribution >= 0.6 is 27.5 Å². The predicted molar refractivity (Wildman–Crippen MR) is 84.7 cm³/mol. The lowest BCUT2D eigenvalue weighted by Crippen LogP contribution is -1.97. The van der Waals surface area contributed by atoms with Crippen LogP contribution in [0.15, 0.2) is 36.4 Å². The number of alkyl halides is 1. The molecular weight excluding hydrogens is 324 g/mol. The monoisotopic (exact) mass is 338 g/mol. The molecule has 0 aliphatic heterocycles. The number of halogens is 2. The summed E-state index contributed by atoms with van der Waals surface area (Å²) in [6, 6.07) is 12.3. The van der Waals surface area contributed by atoms with Gasteiger partial charge in [0.2, 0.25) is 0 Å². The molecule has 0 aromatic heterocycles. The van der Waals surface area contributed by atoms with Crippen molar-refractivity contribution >= 4 is 27.5 Å². The molecule has 0 aliphatic rings. The van der Waals surface area contributed by atoms with Gasteiger partial charge >= 0.3 is 0 Å². The van der Waals surface area contributed by atoms with Crippen LogP contribution in [-0.2, 0) is 0 Å². The van der Waals surface area contributed by atoms with Crippen molar-refractivity contribution in [3.05, 3.63) is 63.7 Å². The summed E-state index contributed by atoms with van der Waals surface area (Å²) in [5, 5.41) is 0.634. The highest BCUT2D eigenvalue weighted by atomic mass is 79.9. The van der Waals surface area contributed by atoms with Crippen LogP contribution in [-0.4, -0.2) is 7.11 Å². The molecule has 0 spiro atoms. The van der Waals surface area contributed by atoms with Gasteiger partial charge in [-0.05, 0) is 42.7 Å². The zero-order valence-corrected chi connectivity index (χ0v) is 13.5. The zero-order chi connectivity index (χ0) is 14.0. The van der Waals surface area contributed by atoms with Crippen LogP contribution in [0.4, 0.5) is 0 Å². The van der Waals surface area contributed by atoms with E-state index < -0.39 is 0 Å². The quantitative estimate of drug-likeness (QED) is 0.676. The topological polar surface area (TPSA) is 9.23 Å². The van der Waals surface area contributed by atoms with E-state index in [2.05, 4.69) is 48.0 Å². The molecule has 1 unspecified atom stereocenters. The second-order valence-electron chi connectivity index (χ2n) is 4.62. The minimum Gasteiger partial charge on any atom is -0.495 e. The molecule has 1 nitrogen and oxygen atoms in total. The van der Waals surface area contributed by atoms with Crippen molar-refractivity contribution < 1.29 is 4.74 Å². The van der Waals surface area contributed by atoms with Gasteiger partial charge in [0.25, 0.3) is 0 Å². The van der Waals surface area contributed by atoms with Crippen LogP contribution in [0.1, 0.15) is 27.1 Å². The normalized spacial score (nSPS) is 12.3. The third kappa shape index (κ3) is 3.13. The summed E-state index contributed by atoms with van der Waals surface area (Å²) < 4.78 is 5.18. The lowest BCUT2D eigenvalue weighted by atomic mass is 9.99. The molecule has 0 aliphatic carbocycles. The summed E-state index contributed by atoms with van der Waals surface area (Å²) in [5.74, 6) is 0.700. The van der Waals surface area contributed by atoms with Crippen molar-refractivity contribution in [1.82, 2.24) is 0 Å². The summed E-state index contributed by atoms with van der Waals surface area (Å²) in [4.78, 5) is 0.136. The van der Waals surface area contributed by atoms with E-state index in [1.165, 1.54) is 16.7 Å². The third-order valence-electron chi connectivity index (χ3n) is 3.17. The van der Waals surface area contributed by atoms with E-state index in [9.17, 15) is 0 Å². The van der Waals surface area contributed by atoms with Crippen molar-refractivity contribution in [2.45, 2.75) is 18.7 Å². The molecule has 2 rings (SSSR count). The molecule has 100 valence electrons. The zero-order valence-electron chi connectivity index (χ0n) is 11.2. The van der Waals surface area contributed by atoms with Gasteiger partial charge in [-0.3, -0.25) is 0 Å². The standard InChI is InChI=1S/C16H16BrClO/c1-10-4-6-13(11(2)8-10)16(17)12-5-7-15(19-3)14(18)9-12/h4-9,16H,1-3H3. The van der Waals surface area contributed by atoms with Crippen molar-refractivity contribution in [2.75, 3.05) is 7.11 Å². The Bertz CT molecular complexity index is 595. The average Bonchev–Trinajstić information content (AvgIpc) is 2.38. The number of hydrogen-bond donors (Lipinski definition) is 0. The van der Waals surface area contributed by atoms with Gasteiger partial charge in [0.05, 0.1) is 17.0 Å². The summed E-state index contributed by atoms with van der Waals surface area (Å²) in [5.41, 5.74) is 4.92. The van der Waals surface area contributed by atoms with Crippen molar-refractivity contribution in [3.63, 3.8) is 0 Å². The molecule has 19 heavy (non-hydrogen) atoms. The smallest absolute Gasteiger partial charge is 0.137 e. The molecule has 0 N–H and O–H groups in total. The summed E-state index contributed by atoms with van der Waals surface area (Å²) in [6.45, 7) is 4.23. The maximum Gasteiger partial charge on any atom is 0.137 e. The fourth-order valence-electron chi connectivity index (χ4n) is 2.13. The highest BCUT2D eigenvalue weighted by molar-refractivity contribution is 9.09. The molecule has 2 aromatic rings. The largest absolute Gasteiger partial charge is 0.495 e. The van der Waals surface area contributed by atoms with Crippen molar-refractivity contribution in [1.29, 1.82) is 0 Å². The molecule has 2 aromatic carbocycles. The minimum atomic E-state index is 0.136. The molecule has 0 saturated carbocycles. The first-order valence-corrected chi connectivity index (χ1v) is 7.37. The molecule has 0 bridgehead atoms. The van der Waals surface area contributed by atoms with Gasteiger partial charge in [0.15, 0.2) is 0 Å². The Labute approximate surface area is 127 Å². The van der Waals surface area contributed by atoms with Gasteiger partial charge in [-0.25, -0.2) is 0 Å². The van der Waals surface area contributed by atoms with Crippen LogP contribution in [0.25, 0.3) is 0 Å². The Hall–Kier alpha value is -0.990. The van der Waals surface area contributed by atoms with E-state index in [0.717, 1.165) is 5.56 Å². The Morgan fingerprint density at radius 2 is 1.84 bits per heavy atom. The number of rotatable bonds is 3. The lowest BCUT2D eigenvalue weighted by Gasteiger charge is -2.15. The number of hydrogen-bond acceptors (Lipinski definition) is 1. The number of aryl methyl sites for hydroxylation is 2. The highest BCUT2D eigenvalue weighted by Gasteiger charge is 2.14. The molecule has 0 radical (unpaired) electrons. The predicted octanol–water partition coefficient (Wildman–Crippen LogP) is 5.45. The first-order chi connectivity index (χ1) is 9.02. The first kappa shape index (κ1) is 14.4. The summed E-state index contributed by atoms with van der Waals surface area (Å²) in [6.07, 6.45) is 0. The molecule has 1 atom stereocenters. The van der Waals surface area contributed by atoms with Gasteiger partial charge in [0, 0.05) is 0 Å². The van der Waals surface area contributed by atoms with Crippen LogP contribution in [0.2, 0.25) is 5.02 Å². The first-order valence-electron chi connectivity index (χ1n) is 6.07. The number of ether oxygens (including phenoxy) is 1. The maximum absolute atomic E-state index is 6.18. The average molecular weight is 340 g/mol. The van der Waals surface area contributed by atoms with E-state index in [1.54, 1.807) is 7.11 Å². The van der Waals surface area contributed by atoms with Crippen LogP contribution in [0.3, 0.4) is 0 Å². The van der Waals surface area contributed by atoms with Gasteiger partial charge in [-0.2, -0.15) is 0 Å². The molecular formula is C16H16BrClO. The second-order valence-corrected chi connectivity index (χ2v) is 5.94. The Balaban J connectivity index is 2.38. The number of benzene rings is 2. The molecule has 0 amide bonds. The van der Waals surface area contributed by atoms with E-state index in [4.69, 9.17) is 16.3 Å². The summed E-state index contributed by atoms with van der Waals surface area (Å²) in [7, 11) is 1.62. The highest BCUT2D eigenvalue weighted by Crippen LogP contribution is 2.36.